The van der Waals surface area contributed by atoms with Crippen molar-refractivity contribution in [2.24, 2.45) is 5.10 Å². The third-order valence-corrected chi connectivity index (χ3v) is 3.53. The molecular formula is C18H15IN2O3. The number of carbonyl (C=O) groups excluding carboxylic acids is 1. The fourth-order valence-electron chi connectivity index (χ4n) is 1.72. The van der Waals surface area contributed by atoms with Crippen molar-refractivity contribution in [2.75, 3.05) is 13.2 Å². The van der Waals surface area contributed by atoms with E-state index >= 15 is 0 Å². The van der Waals surface area contributed by atoms with Crippen molar-refractivity contribution in [3.63, 3.8) is 0 Å². The first-order valence-electron chi connectivity index (χ1n) is 7.04. The van der Waals surface area contributed by atoms with Crippen LogP contribution >= 0.6 is 22.6 Å². The van der Waals surface area contributed by atoms with Crippen LogP contribution in [-0.2, 0) is 4.79 Å². The van der Waals surface area contributed by atoms with Crippen molar-refractivity contribution in [1.82, 2.24) is 5.43 Å². The van der Waals surface area contributed by atoms with E-state index in [1.54, 1.807) is 18.2 Å². The number of terminal acetylenes is 1. The Morgan fingerprint density at radius 3 is 2.71 bits per heavy atom. The van der Waals surface area contributed by atoms with E-state index in [0.29, 0.717) is 17.1 Å². The smallest absolute Gasteiger partial charge is 0.277 e. The monoisotopic (exact) mass is 434 g/mol. The largest absolute Gasteiger partial charge is 0.484 e. The zero-order valence-corrected chi connectivity index (χ0v) is 14.9. The van der Waals surface area contributed by atoms with E-state index < -0.39 is 0 Å². The number of rotatable bonds is 7. The Balaban J connectivity index is 1.84. The van der Waals surface area contributed by atoms with Gasteiger partial charge in [0.2, 0.25) is 0 Å². The SMILES string of the molecule is C#CCOc1ccccc1C=NNC(=O)COc1ccc(I)cc1. The normalized spacial score (nSPS) is 10.2. The summed E-state index contributed by atoms with van der Waals surface area (Å²) in [5.74, 6) is 3.27. The summed E-state index contributed by atoms with van der Waals surface area (Å²) >= 11 is 2.20. The zero-order valence-electron chi connectivity index (χ0n) is 12.7. The molecule has 0 fully saturated rings. The molecule has 2 aromatic carbocycles. The number of hydrogen-bond donors (Lipinski definition) is 1. The molecule has 0 unspecified atom stereocenters. The number of nitrogens with one attached hydrogen (secondary N) is 1. The number of benzene rings is 2. The average molecular weight is 434 g/mol. The molecule has 0 radical (unpaired) electrons. The minimum Gasteiger partial charge on any atom is -0.484 e. The minimum absolute atomic E-state index is 0.118. The number of hydrogen-bond acceptors (Lipinski definition) is 4. The van der Waals surface area contributed by atoms with Crippen LogP contribution in [0.2, 0.25) is 0 Å². The molecule has 0 aliphatic carbocycles. The topological polar surface area (TPSA) is 59.9 Å². The predicted molar refractivity (Wildman–Crippen MR) is 101 cm³/mol. The zero-order chi connectivity index (χ0) is 17.2. The van der Waals surface area contributed by atoms with E-state index in [1.807, 2.05) is 30.3 Å². The summed E-state index contributed by atoms with van der Waals surface area (Å²) in [7, 11) is 0. The van der Waals surface area contributed by atoms with Crippen LogP contribution in [0.5, 0.6) is 11.5 Å². The van der Waals surface area contributed by atoms with Crippen LogP contribution in [0.4, 0.5) is 0 Å². The highest BCUT2D eigenvalue weighted by Crippen LogP contribution is 2.15. The van der Waals surface area contributed by atoms with Crippen molar-refractivity contribution >= 4 is 34.7 Å². The molecule has 0 saturated carbocycles. The molecule has 6 heteroatoms. The molecule has 0 bridgehead atoms. The second-order valence-corrected chi connectivity index (χ2v) is 5.81. The van der Waals surface area contributed by atoms with Crippen LogP contribution < -0.4 is 14.9 Å². The minimum atomic E-state index is -0.355. The second kappa shape index (κ2) is 9.57. The maximum absolute atomic E-state index is 11.7. The summed E-state index contributed by atoms with van der Waals surface area (Å²) in [6.45, 7) is 0.0498. The quantitative estimate of drug-likeness (QED) is 0.316. The molecule has 1 N–H and O–H groups in total. The summed E-state index contributed by atoms with van der Waals surface area (Å²) in [5, 5.41) is 3.90. The molecule has 2 rings (SSSR count). The molecule has 5 nitrogen and oxygen atoms in total. The summed E-state index contributed by atoms with van der Waals surface area (Å²) in [4.78, 5) is 11.7. The van der Waals surface area contributed by atoms with Gasteiger partial charge in [0.1, 0.15) is 18.1 Å². The first-order chi connectivity index (χ1) is 11.7. The summed E-state index contributed by atoms with van der Waals surface area (Å²) in [5.41, 5.74) is 3.12. The highest BCUT2D eigenvalue weighted by molar-refractivity contribution is 14.1. The molecule has 122 valence electrons. The highest BCUT2D eigenvalue weighted by atomic mass is 127. The van der Waals surface area contributed by atoms with Crippen LogP contribution in [0, 0.1) is 15.9 Å². The molecule has 0 saturated heterocycles. The van der Waals surface area contributed by atoms with E-state index in [2.05, 4.69) is 39.0 Å². The Morgan fingerprint density at radius 1 is 1.21 bits per heavy atom. The third kappa shape index (κ3) is 5.93. The van der Waals surface area contributed by atoms with Crippen LogP contribution in [-0.4, -0.2) is 25.3 Å². The Morgan fingerprint density at radius 2 is 1.96 bits per heavy atom. The summed E-state index contributed by atoms with van der Waals surface area (Å²) in [6, 6.07) is 14.7. The number of ether oxygens (including phenoxy) is 2. The van der Waals surface area contributed by atoms with Gasteiger partial charge in [0.05, 0.1) is 6.21 Å². The lowest BCUT2D eigenvalue weighted by atomic mass is 10.2. The molecule has 0 aliphatic heterocycles. The van der Waals surface area contributed by atoms with Crippen LogP contribution in [0.3, 0.4) is 0 Å². The van der Waals surface area contributed by atoms with Gasteiger partial charge in [0, 0.05) is 9.13 Å². The first kappa shape index (κ1) is 17.8. The average Bonchev–Trinajstić information content (AvgIpc) is 2.60. The number of para-hydroxylation sites is 1. The van der Waals surface area contributed by atoms with Gasteiger partial charge in [-0.3, -0.25) is 4.79 Å². The number of hydrazone groups is 1. The van der Waals surface area contributed by atoms with Gasteiger partial charge in [-0.2, -0.15) is 5.10 Å². The maximum atomic E-state index is 11.7. The molecule has 0 aliphatic rings. The lowest BCUT2D eigenvalue weighted by molar-refractivity contribution is -0.123. The van der Waals surface area contributed by atoms with Crippen LogP contribution in [0.15, 0.2) is 53.6 Å². The molecule has 1 amide bonds. The summed E-state index contributed by atoms with van der Waals surface area (Å²) < 4.78 is 11.9. The Kier molecular flexibility index (Phi) is 7.11. The Bertz CT molecular complexity index is 752. The highest BCUT2D eigenvalue weighted by Gasteiger charge is 2.02. The fourth-order valence-corrected chi connectivity index (χ4v) is 2.08. The van der Waals surface area contributed by atoms with E-state index in [1.165, 1.54) is 6.21 Å². The first-order valence-corrected chi connectivity index (χ1v) is 8.12. The molecule has 24 heavy (non-hydrogen) atoms. The van der Waals surface area contributed by atoms with E-state index in [0.717, 1.165) is 3.57 Å². The van der Waals surface area contributed by atoms with Crippen molar-refractivity contribution in [1.29, 1.82) is 0 Å². The van der Waals surface area contributed by atoms with Gasteiger partial charge in [-0.15, -0.1) is 6.42 Å². The molecule has 0 atom stereocenters. The Hall–Kier alpha value is -2.53. The number of carbonyl (C=O) groups is 1. The number of nitrogens with zero attached hydrogens (tertiary/aromatic N) is 1. The molecule has 0 heterocycles. The number of halogens is 1. The van der Waals surface area contributed by atoms with Crippen LogP contribution in [0.25, 0.3) is 0 Å². The Labute approximate surface area is 154 Å². The molecule has 0 spiro atoms. The van der Waals surface area contributed by atoms with E-state index in [9.17, 15) is 4.79 Å². The number of amides is 1. The van der Waals surface area contributed by atoms with Gasteiger partial charge in [-0.05, 0) is 59.0 Å². The standard InChI is InChI=1S/C18H15IN2O3/c1-2-11-23-17-6-4-3-5-14(17)12-20-21-18(22)13-24-16-9-7-15(19)8-10-16/h1,3-10,12H,11,13H2,(H,21,22). The van der Waals surface area contributed by atoms with Gasteiger partial charge >= 0.3 is 0 Å². The van der Waals surface area contributed by atoms with Gasteiger partial charge in [-0.25, -0.2) is 5.43 Å². The van der Waals surface area contributed by atoms with Gasteiger partial charge in [0.15, 0.2) is 6.61 Å². The van der Waals surface area contributed by atoms with E-state index in [4.69, 9.17) is 15.9 Å². The predicted octanol–water partition coefficient (Wildman–Crippen LogP) is 2.83. The third-order valence-electron chi connectivity index (χ3n) is 2.81. The van der Waals surface area contributed by atoms with Gasteiger partial charge in [-0.1, -0.05) is 18.1 Å². The maximum Gasteiger partial charge on any atom is 0.277 e. The molecule has 2 aromatic rings. The van der Waals surface area contributed by atoms with Crippen molar-refractivity contribution < 1.29 is 14.3 Å². The lowest BCUT2D eigenvalue weighted by Crippen LogP contribution is -2.24. The van der Waals surface area contributed by atoms with E-state index in [-0.39, 0.29) is 19.1 Å². The van der Waals surface area contributed by atoms with Crippen molar-refractivity contribution in [3.05, 3.63) is 57.7 Å². The second-order valence-electron chi connectivity index (χ2n) is 4.57. The van der Waals surface area contributed by atoms with Crippen molar-refractivity contribution in [2.45, 2.75) is 0 Å². The van der Waals surface area contributed by atoms with Crippen molar-refractivity contribution in [3.8, 4) is 23.8 Å². The van der Waals surface area contributed by atoms with Gasteiger partial charge < -0.3 is 9.47 Å². The molecular weight excluding hydrogens is 419 g/mol. The molecule has 0 aromatic heterocycles. The lowest BCUT2D eigenvalue weighted by Gasteiger charge is -2.06. The summed E-state index contributed by atoms with van der Waals surface area (Å²) in [6.07, 6.45) is 6.67. The van der Waals surface area contributed by atoms with Crippen LogP contribution in [0.1, 0.15) is 5.56 Å². The fraction of sp³-hybridized carbons (Fsp3) is 0.111. The van der Waals surface area contributed by atoms with Gasteiger partial charge in [0.25, 0.3) is 5.91 Å².